The summed E-state index contributed by atoms with van der Waals surface area (Å²) in [5, 5.41) is 0. The van der Waals surface area contributed by atoms with Gasteiger partial charge in [0.25, 0.3) is 0 Å². The van der Waals surface area contributed by atoms with Crippen LogP contribution in [0.3, 0.4) is 0 Å². The van der Waals surface area contributed by atoms with E-state index in [1.54, 1.807) is 0 Å². The summed E-state index contributed by atoms with van der Waals surface area (Å²) < 4.78 is 6.41. The van der Waals surface area contributed by atoms with E-state index in [4.69, 9.17) is 4.43 Å². The Morgan fingerprint density at radius 2 is 1.73 bits per heavy atom. The van der Waals surface area contributed by atoms with Crippen molar-refractivity contribution in [3.63, 3.8) is 0 Å². The molecular formula is C13H26OSi. The summed E-state index contributed by atoms with van der Waals surface area (Å²) >= 11 is 0. The van der Waals surface area contributed by atoms with Gasteiger partial charge in [-0.1, -0.05) is 20.8 Å². The average Bonchev–Trinajstić information content (AvgIpc) is 2.34. The van der Waals surface area contributed by atoms with Crippen LogP contribution in [0.2, 0.25) is 19.6 Å². The summed E-state index contributed by atoms with van der Waals surface area (Å²) in [4.78, 5) is 0. The van der Waals surface area contributed by atoms with Gasteiger partial charge in [0.15, 0.2) is 8.32 Å². The van der Waals surface area contributed by atoms with E-state index in [1.807, 2.05) is 0 Å². The Balaban J connectivity index is 2.19. The molecule has 2 bridgehead atoms. The van der Waals surface area contributed by atoms with E-state index >= 15 is 0 Å². The highest BCUT2D eigenvalue weighted by Gasteiger charge is 2.62. The van der Waals surface area contributed by atoms with Crippen molar-refractivity contribution in [2.75, 3.05) is 0 Å². The lowest BCUT2D eigenvalue weighted by molar-refractivity contribution is 0.0251. The molecule has 0 heterocycles. The van der Waals surface area contributed by atoms with E-state index < -0.39 is 8.32 Å². The molecule has 0 aliphatic heterocycles. The van der Waals surface area contributed by atoms with E-state index in [0.717, 1.165) is 5.92 Å². The van der Waals surface area contributed by atoms with Crippen LogP contribution in [0.1, 0.15) is 40.0 Å². The Labute approximate surface area is 95.7 Å². The van der Waals surface area contributed by atoms with Gasteiger partial charge in [0.1, 0.15) is 0 Å². The van der Waals surface area contributed by atoms with Gasteiger partial charge < -0.3 is 4.43 Å². The lowest BCUT2D eigenvalue weighted by Gasteiger charge is -2.41. The van der Waals surface area contributed by atoms with Gasteiger partial charge in [-0.15, -0.1) is 0 Å². The van der Waals surface area contributed by atoms with E-state index in [1.165, 1.54) is 19.3 Å². The molecule has 3 atom stereocenters. The SMILES string of the molecule is CC1(C)C2CCC1(C)C(O[Si](C)(C)C)C2. The molecule has 1 nitrogen and oxygen atoms in total. The van der Waals surface area contributed by atoms with Crippen molar-refractivity contribution in [2.24, 2.45) is 16.7 Å². The Bertz CT molecular complexity index is 266. The molecule has 0 N–H and O–H groups in total. The second-order valence-electron chi connectivity index (χ2n) is 7.33. The van der Waals surface area contributed by atoms with Gasteiger partial charge in [-0.2, -0.15) is 0 Å². The minimum Gasteiger partial charge on any atom is -0.414 e. The maximum absolute atomic E-state index is 6.41. The van der Waals surface area contributed by atoms with Crippen LogP contribution in [0.25, 0.3) is 0 Å². The molecule has 15 heavy (non-hydrogen) atoms. The van der Waals surface area contributed by atoms with Crippen LogP contribution >= 0.6 is 0 Å². The topological polar surface area (TPSA) is 9.23 Å². The van der Waals surface area contributed by atoms with Gasteiger partial charge in [-0.3, -0.25) is 0 Å². The fourth-order valence-electron chi connectivity index (χ4n) is 3.74. The van der Waals surface area contributed by atoms with Crippen molar-refractivity contribution >= 4 is 8.32 Å². The molecule has 0 amide bonds. The summed E-state index contributed by atoms with van der Waals surface area (Å²) in [5.41, 5.74) is 0.940. The largest absolute Gasteiger partial charge is 0.414 e. The van der Waals surface area contributed by atoms with Crippen LogP contribution in [-0.4, -0.2) is 14.4 Å². The predicted octanol–water partition coefficient (Wildman–Crippen LogP) is 4.05. The maximum Gasteiger partial charge on any atom is 0.184 e. The zero-order valence-corrected chi connectivity index (χ0v) is 12.2. The summed E-state index contributed by atoms with van der Waals surface area (Å²) in [6.45, 7) is 14.3. The first kappa shape index (κ1) is 11.7. The van der Waals surface area contributed by atoms with Crippen molar-refractivity contribution in [3.05, 3.63) is 0 Å². The zero-order chi connectivity index (χ0) is 11.5. The second-order valence-corrected chi connectivity index (χ2v) is 11.8. The standard InChI is InChI=1S/C13H26OSi/c1-12(2)10-7-8-13(12,3)11(9-10)14-15(4,5)6/h10-11H,7-9H2,1-6H3. The molecule has 2 saturated carbocycles. The molecule has 2 rings (SSSR count). The van der Waals surface area contributed by atoms with Crippen LogP contribution in [0, 0.1) is 16.7 Å². The van der Waals surface area contributed by atoms with Crippen molar-refractivity contribution in [3.8, 4) is 0 Å². The lowest BCUT2D eigenvalue weighted by Crippen LogP contribution is -2.42. The van der Waals surface area contributed by atoms with Crippen LogP contribution in [0.15, 0.2) is 0 Å². The molecule has 2 heteroatoms. The summed E-state index contributed by atoms with van der Waals surface area (Å²) in [7, 11) is -1.37. The van der Waals surface area contributed by atoms with Gasteiger partial charge in [-0.25, -0.2) is 0 Å². The first-order chi connectivity index (χ1) is 6.67. The molecule has 0 spiro atoms. The molecule has 0 radical (unpaired) electrons. The van der Waals surface area contributed by atoms with Crippen molar-refractivity contribution in [1.29, 1.82) is 0 Å². The van der Waals surface area contributed by atoms with Crippen molar-refractivity contribution < 1.29 is 4.43 Å². The van der Waals surface area contributed by atoms with E-state index in [9.17, 15) is 0 Å². The van der Waals surface area contributed by atoms with Gasteiger partial charge in [0.2, 0.25) is 0 Å². The summed E-state index contributed by atoms with van der Waals surface area (Å²) in [5.74, 6) is 0.906. The maximum atomic E-state index is 6.41. The quantitative estimate of drug-likeness (QED) is 0.645. The third-order valence-electron chi connectivity index (χ3n) is 5.21. The smallest absolute Gasteiger partial charge is 0.184 e. The molecule has 2 aliphatic rings. The molecule has 2 aliphatic carbocycles. The van der Waals surface area contributed by atoms with Gasteiger partial charge >= 0.3 is 0 Å². The lowest BCUT2D eigenvalue weighted by atomic mass is 9.70. The Morgan fingerprint density at radius 3 is 2.07 bits per heavy atom. The van der Waals surface area contributed by atoms with Gasteiger partial charge in [-0.05, 0) is 55.7 Å². The Hall–Kier alpha value is 0.177. The summed E-state index contributed by atoms with van der Waals surface area (Å²) in [6, 6.07) is 0. The molecule has 0 aromatic rings. The fourth-order valence-corrected chi connectivity index (χ4v) is 4.95. The highest BCUT2D eigenvalue weighted by Crippen LogP contribution is 2.66. The van der Waals surface area contributed by atoms with Crippen LogP contribution in [0.4, 0.5) is 0 Å². The highest BCUT2D eigenvalue weighted by molar-refractivity contribution is 6.69. The minimum absolute atomic E-state index is 0.442. The van der Waals surface area contributed by atoms with E-state index in [2.05, 4.69) is 40.4 Å². The second kappa shape index (κ2) is 3.10. The third-order valence-corrected chi connectivity index (χ3v) is 6.20. The minimum atomic E-state index is -1.37. The predicted molar refractivity (Wildman–Crippen MR) is 67.4 cm³/mol. The van der Waals surface area contributed by atoms with Crippen molar-refractivity contribution in [2.45, 2.75) is 65.8 Å². The number of fused-ring (bicyclic) bond motifs is 2. The Kier molecular flexibility index (Phi) is 2.41. The average molecular weight is 226 g/mol. The summed E-state index contributed by atoms with van der Waals surface area (Å²) in [6.07, 6.45) is 4.65. The van der Waals surface area contributed by atoms with Crippen LogP contribution < -0.4 is 0 Å². The zero-order valence-electron chi connectivity index (χ0n) is 11.2. The van der Waals surface area contributed by atoms with Crippen LogP contribution in [-0.2, 0) is 4.43 Å². The van der Waals surface area contributed by atoms with Crippen LogP contribution in [0.5, 0.6) is 0 Å². The first-order valence-corrected chi connectivity index (χ1v) is 9.75. The molecule has 0 aromatic carbocycles. The molecule has 2 fully saturated rings. The molecule has 88 valence electrons. The number of hydrogen-bond acceptors (Lipinski definition) is 1. The third kappa shape index (κ3) is 1.61. The monoisotopic (exact) mass is 226 g/mol. The number of hydrogen-bond donors (Lipinski definition) is 0. The molecule has 0 saturated heterocycles. The van der Waals surface area contributed by atoms with Gasteiger partial charge in [0.05, 0.1) is 6.10 Å². The first-order valence-electron chi connectivity index (χ1n) is 6.35. The van der Waals surface area contributed by atoms with E-state index in [0.29, 0.717) is 16.9 Å². The number of rotatable bonds is 2. The molecular weight excluding hydrogens is 200 g/mol. The molecule has 0 aromatic heterocycles. The fraction of sp³-hybridized carbons (Fsp3) is 1.00. The van der Waals surface area contributed by atoms with Gasteiger partial charge in [0, 0.05) is 0 Å². The highest BCUT2D eigenvalue weighted by atomic mass is 28.4. The van der Waals surface area contributed by atoms with E-state index in [-0.39, 0.29) is 0 Å². The molecule has 3 unspecified atom stereocenters. The Morgan fingerprint density at radius 1 is 1.13 bits per heavy atom. The normalized spacial score (nSPS) is 43.6. The van der Waals surface area contributed by atoms with Crippen molar-refractivity contribution in [1.82, 2.24) is 0 Å².